The molecule has 2 fully saturated rings. The molecule has 0 saturated carbocycles. The summed E-state index contributed by atoms with van der Waals surface area (Å²) in [5.41, 5.74) is 1.14. The van der Waals surface area contributed by atoms with Crippen molar-refractivity contribution in [3.05, 3.63) is 29.3 Å². The number of carbonyl (C=O) groups excluding carboxylic acids is 1. The minimum atomic E-state index is 0. The topological polar surface area (TPSA) is 44.4 Å². The summed E-state index contributed by atoms with van der Waals surface area (Å²) >= 11 is 6.04. The smallest absolute Gasteiger partial charge is 0.223 e. The molecule has 2 heterocycles. The van der Waals surface area contributed by atoms with E-state index >= 15 is 0 Å². The lowest BCUT2D eigenvalue weighted by molar-refractivity contribution is -0.126. The second-order valence-electron chi connectivity index (χ2n) is 5.94. The predicted molar refractivity (Wildman–Crippen MR) is 93.1 cm³/mol. The first kappa shape index (κ1) is 17.4. The standard InChI is InChI=1S/C16H22ClN3O.ClH/c17-13-2-1-3-15(10-13)20-9-6-14(11-20)19-16(21)12-4-7-18-8-5-12;/h1-3,10,12,14,18H,4-9,11H2,(H,19,21);1H. The fourth-order valence-corrected chi connectivity index (χ4v) is 3.37. The summed E-state index contributed by atoms with van der Waals surface area (Å²) in [7, 11) is 0. The van der Waals surface area contributed by atoms with E-state index in [0.717, 1.165) is 56.2 Å². The van der Waals surface area contributed by atoms with Crippen molar-refractivity contribution in [1.29, 1.82) is 0 Å². The molecule has 2 N–H and O–H groups in total. The number of benzene rings is 1. The van der Waals surface area contributed by atoms with Crippen molar-refractivity contribution in [3.63, 3.8) is 0 Å². The van der Waals surface area contributed by atoms with Crippen molar-refractivity contribution in [2.75, 3.05) is 31.1 Å². The predicted octanol–water partition coefficient (Wildman–Crippen LogP) is 2.46. The molecule has 3 rings (SSSR count). The lowest BCUT2D eigenvalue weighted by Crippen LogP contribution is -2.43. The minimum Gasteiger partial charge on any atom is -0.369 e. The summed E-state index contributed by atoms with van der Waals surface area (Å²) in [6.07, 6.45) is 2.91. The maximum atomic E-state index is 12.3. The molecule has 1 aromatic carbocycles. The van der Waals surface area contributed by atoms with Gasteiger partial charge in [0, 0.05) is 35.8 Å². The van der Waals surface area contributed by atoms with Gasteiger partial charge in [-0.25, -0.2) is 0 Å². The van der Waals surface area contributed by atoms with Gasteiger partial charge < -0.3 is 15.5 Å². The van der Waals surface area contributed by atoms with Crippen LogP contribution in [-0.4, -0.2) is 38.1 Å². The van der Waals surface area contributed by atoms with Gasteiger partial charge in [-0.2, -0.15) is 0 Å². The largest absolute Gasteiger partial charge is 0.369 e. The van der Waals surface area contributed by atoms with E-state index in [1.165, 1.54) is 0 Å². The van der Waals surface area contributed by atoms with E-state index in [1.54, 1.807) is 0 Å². The highest BCUT2D eigenvalue weighted by atomic mass is 35.5. The Morgan fingerprint density at radius 1 is 1.27 bits per heavy atom. The van der Waals surface area contributed by atoms with Crippen LogP contribution in [0.3, 0.4) is 0 Å². The normalized spacial score (nSPS) is 22.2. The number of nitrogens with zero attached hydrogens (tertiary/aromatic N) is 1. The third kappa shape index (κ3) is 4.28. The van der Waals surface area contributed by atoms with E-state index in [4.69, 9.17) is 11.6 Å². The van der Waals surface area contributed by atoms with Crippen molar-refractivity contribution in [2.45, 2.75) is 25.3 Å². The molecule has 122 valence electrons. The Morgan fingerprint density at radius 2 is 2.05 bits per heavy atom. The fourth-order valence-electron chi connectivity index (χ4n) is 3.19. The molecule has 1 unspecified atom stereocenters. The molecule has 6 heteroatoms. The number of hydrogen-bond acceptors (Lipinski definition) is 3. The lowest BCUT2D eigenvalue weighted by Gasteiger charge is -2.24. The first-order chi connectivity index (χ1) is 10.2. The summed E-state index contributed by atoms with van der Waals surface area (Å²) in [4.78, 5) is 14.6. The van der Waals surface area contributed by atoms with Crippen LogP contribution in [0.4, 0.5) is 5.69 Å². The van der Waals surface area contributed by atoms with Crippen LogP contribution in [-0.2, 0) is 4.79 Å². The van der Waals surface area contributed by atoms with Crippen LogP contribution in [0.2, 0.25) is 5.02 Å². The summed E-state index contributed by atoms with van der Waals surface area (Å²) < 4.78 is 0. The number of hydrogen-bond donors (Lipinski definition) is 2. The third-order valence-electron chi connectivity index (χ3n) is 4.42. The van der Waals surface area contributed by atoms with Crippen molar-refractivity contribution in [3.8, 4) is 0 Å². The van der Waals surface area contributed by atoms with Gasteiger partial charge in [0.2, 0.25) is 5.91 Å². The number of carbonyl (C=O) groups is 1. The third-order valence-corrected chi connectivity index (χ3v) is 4.65. The highest BCUT2D eigenvalue weighted by Gasteiger charge is 2.27. The Kier molecular flexibility index (Phi) is 6.36. The van der Waals surface area contributed by atoms with E-state index in [0.29, 0.717) is 0 Å². The first-order valence-corrected chi connectivity index (χ1v) is 8.12. The molecule has 0 aliphatic carbocycles. The fraction of sp³-hybridized carbons (Fsp3) is 0.562. The van der Waals surface area contributed by atoms with Crippen LogP contribution in [0, 0.1) is 5.92 Å². The van der Waals surface area contributed by atoms with Gasteiger partial charge in [0.25, 0.3) is 0 Å². The Morgan fingerprint density at radius 3 is 2.77 bits per heavy atom. The number of halogens is 2. The zero-order valence-electron chi connectivity index (χ0n) is 12.6. The van der Waals surface area contributed by atoms with Crippen LogP contribution in [0.5, 0.6) is 0 Å². The second kappa shape index (κ2) is 8.04. The highest BCUT2D eigenvalue weighted by molar-refractivity contribution is 6.30. The van der Waals surface area contributed by atoms with E-state index in [1.807, 2.05) is 18.2 Å². The van der Waals surface area contributed by atoms with Crippen LogP contribution in [0.15, 0.2) is 24.3 Å². The molecule has 2 aliphatic rings. The average molecular weight is 344 g/mol. The van der Waals surface area contributed by atoms with Gasteiger partial charge in [0.05, 0.1) is 0 Å². The lowest BCUT2D eigenvalue weighted by atomic mass is 9.97. The second-order valence-corrected chi connectivity index (χ2v) is 6.38. The summed E-state index contributed by atoms with van der Waals surface area (Å²) in [6.45, 7) is 3.75. The Labute approximate surface area is 143 Å². The van der Waals surface area contributed by atoms with Gasteiger partial charge in [-0.3, -0.25) is 4.79 Å². The zero-order valence-corrected chi connectivity index (χ0v) is 14.1. The van der Waals surface area contributed by atoms with Gasteiger partial charge in [0.1, 0.15) is 0 Å². The maximum absolute atomic E-state index is 12.3. The molecule has 0 spiro atoms. The van der Waals surface area contributed by atoms with Crippen molar-refractivity contribution in [2.24, 2.45) is 5.92 Å². The van der Waals surface area contributed by atoms with Gasteiger partial charge in [-0.05, 0) is 50.6 Å². The van der Waals surface area contributed by atoms with Gasteiger partial charge in [0.15, 0.2) is 0 Å². The molecule has 4 nitrogen and oxygen atoms in total. The molecule has 1 atom stereocenters. The Hall–Kier alpha value is -0.970. The average Bonchev–Trinajstić information content (AvgIpc) is 2.97. The Bertz CT molecular complexity index is 506. The molecular formula is C16H23Cl2N3O. The molecule has 22 heavy (non-hydrogen) atoms. The van der Waals surface area contributed by atoms with Crippen molar-refractivity contribution < 1.29 is 4.79 Å². The molecule has 2 aliphatic heterocycles. The monoisotopic (exact) mass is 343 g/mol. The van der Waals surface area contributed by atoms with E-state index < -0.39 is 0 Å². The first-order valence-electron chi connectivity index (χ1n) is 7.74. The van der Waals surface area contributed by atoms with E-state index in [-0.39, 0.29) is 30.3 Å². The number of rotatable bonds is 3. The van der Waals surface area contributed by atoms with Crippen LogP contribution in [0.25, 0.3) is 0 Å². The van der Waals surface area contributed by atoms with Crippen molar-refractivity contribution >= 4 is 35.6 Å². The van der Waals surface area contributed by atoms with Crippen LogP contribution in [0.1, 0.15) is 19.3 Å². The zero-order chi connectivity index (χ0) is 14.7. The SMILES string of the molecule is Cl.O=C(NC1CCN(c2cccc(Cl)c2)C1)C1CCNCC1. The molecule has 0 radical (unpaired) electrons. The van der Waals surface area contributed by atoms with E-state index in [9.17, 15) is 4.79 Å². The molecular weight excluding hydrogens is 321 g/mol. The quantitative estimate of drug-likeness (QED) is 0.885. The molecule has 1 amide bonds. The van der Waals surface area contributed by atoms with Gasteiger partial charge in [-0.1, -0.05) is 17.7 Å². The summed E-state index contributed by atoms with van der Waals surface area (Å²) in [5.74, 6) is 0.418. The van der Waals surface area contributed by atoms with Crippen LogP contribution < -0.4 is 15.5 Å². The summed E-state index contributed by atoms with van der Waals surface area (Å²) in [5, 5.41) is 7.28. The number of piperidine rings is 1. The Balaban J connectivity index is 0.00000176. The van der Waals surface area contributed by atoms with Gasteiger partial charge in [-0.15, -0.1) is 12.4 Å². The minimum absolute atomic E-state index is 0. The summed E-state index contributed by atoms with van der Waals surface area (Å²) in [6, 6.07) is 8.17. The number of amides is 1. The van der Waals surface area contributed by atoms with Gasteiger partial charge >= 0.3 is 0 Å². The molecule has 1 aromatic rings. The molecule has 0 aromatic heterocycles. The molecule has 0 bridgehead atoms. The molecule has 2 saturated heterocycles. The van der Waals surface area contributed by atoms with Crippen molar-refractivity contribution in [1.82, 2.24) is 10.6 Å². The highest BCUT2D eigenvalue weighted by Crippen LogP contribution is 2.24. The van der Waals surface area contributed by atoms with Crippen LogP contribution >= 0.6 is 24.0 Å². The van der Waals surface area contributed by atoms with E-state index in [2.05, 4.69) is 21.6 Å². The number of nitrogens with one attached hydrogen (secondary N) is 2. The number of anilines is 1. The maximum Gasteiger partial charge on any atom is 0.223 e.